The van der Waals surface area contributed by atoms with Crippen LogP contribution in [0.4, 0.5) is 5.82 Å². The van der Waals surface area contributed by atoms with E-state index in [2.05, 4.69) is 29.8 Å². The number of aliphatic imine (C=N–C) groups is 1. The molecule has 15 nitrogen and oxygen atoms in total. The van der Waals surface area contributed by atoms with Gasteiger partial charge in [0, 0.05) is 32.3 Å². The summed E-state index contributed by atoms with van der Waals surface area (Å²) in [5.41, 5.74) is 5.36. The van der Waals surface area contributed by atoms with E-state index in [0.29, 0.717) is 5.69 Å². The summed E-state index contributed by atoms with van der Waals surface area (Å²) in [4.78, 5) is 34.0. The number of ether oxygens (including phenoxy) is 1. The van der Waals surface area contributed by atoms with Gasteiger partial charge in [-0.25, -0.2) is 4.98 Å². The zero-order valence-electron chi connectivity index (χ0n) is 21.0. The topological polar surface area (TPSA) is 228 Å². The lowest BCUT2D eigenvalue weighted by molar-refractivity contribution is -0.145. The predicted molar refractivity (Wildman–Crippen MR) is 140 cm³/mol. The molecule has 2 heterocycles. The van der Waals surface area contributed by atoms with Gasteiger partial charge in [-0.05, 0) is 11.8 Å². The lowest BCUT2D eigenvalue weighted by atomic mass is 9.80. The number of aromatic nitrogens is 2. The molecule has 0 saturated heterocycles. The molecule has 1 aliphatic heterocycles. The van der Waals surface area contributed by atoms with Gasteiger partial charge in [0.05, 0.1) is 31.7 Å². The maximum Gasteiger partial charge on any atom is 0.323 e. The van der Waals surface area contributed by atoms with Crippen LogP contribution in [-0.4, -0.2) is 116 Å². The lowest BCUT2D eigenvalue weighted by Gasteiger charge is -2.34. The van der Waals surface area contributed by atoms with Crippen molar-refractivity contribution in [3.05, 3.63) is 12.0 Å². The number of imidazole rings is 1. The standard InChI is InChI=1S/C21H37ClN7O8P/c1-11(5-30)13(6-31)14(7-32)15(8-33)37-9-12(27-38)2-28(4-17(35)36)16(34)3-29-10-24-18-19(22)25-21(23)26-20(18)29/h10-15,19,27,30-33H,2-9,38H2,1H3,(H,35,36)(H3,23,25,26)/t11?,12-,13?,14?,15?,19?/m1/s1. The summed E-state index contributed by atoms with van der Waals surface area (Å²) in [5.74, 6) is -2.99. The minimum Gasteiger partial charge on any atom is -0.480 e. The number of alkyl halides is 1. The van der Waals surface area contributed by atoms with Gasteiger partial charge in [-0.1, -0.05) is 27.9 Å². The molecule has 17 heteroatoms. The number of nitrogens with one attached hydrogen (secondary N) is 2. The molecule has 216 valence electrons. The number of carbonyl (C=O) groups excluding carboxylic acids is 1. The van der Waals surface area contributed by atoms with Gasteiger partial charge in [-0.3, -0.25) is 14.7 Å². The number of amides is 1. The number of guanidine groups is 1. The number of aliphatic carboxylic acids is 1. The number of aliphatic hydroxyl groups excluding tert-OH is 4. The fraction of sp³-hybridized carbons (Fsp3) is 0.714. The molecular formula is C21H37ClN7O8P. The van der Waals surface area contributed by atoms with Gasteiger partial charge in [0.25, 0.3) is 0 Å². The number of carboxylic acid groups (broad SMARTS) is 1. The molecule has 2 rings (SSSR count). The Morgan fingerprint density at radius 3 is 2.50 bits per heavy atom. The van der Waals surface area contributed by atoms with E-state index < -0.39 is 61.1 Å². The first-order valence-corrected chi connectivity index (χ1v) is 12.9. The average molecular weight is 582 g/mol. The number of hydrogen-bond acceptors (Lipinski definition) is 12. The molecule has 1 amide bonds. The van der Waals surface area contributed by atoms with Crippen LogP contribution in [0.3, 0.4) is 0 Å². The highest BCUT2D eigenvalue weighted by atomic mass is 35.5. The van der Waals surface area contributed by atoms with Crippen molar-refractivity contribution in [2.45, 2.75) is 31.1 Å². The second kappa shape index (κ2) is 15.5. The number of aliphatic hydroxyl groups is 4. The zero-order valence-corrected chi connectivity index (χ0v) is 22.9. The Morgan fingerprint density at radius 1 is 1.26 bits per heavy atom. The fourth-order valence-corrected chi connectivity index (χ4v) is 4.66. The van der Waals surface area contributed by atoms with Crippen molar-refractivity contribution in [1.82, 2.24) is 24.9 Å². The van der Waals surface area contributed by atoms with Crippen LogP contribution in [0.15, 0.2) is 11.3 Å². The van der Waals surface area contributed by atoms with Gasteiger partial charge < -0.3 is 50.8 Å². The Balaban J connectivity index is 2.12. The molecule has 1 aromatic heterocycles. The molecule has 0 fully saturated rings. The molecular weight excluding hydrogens is 545 g/mol. The number of hydrogen-bond donors (Lipinski definition) is 8. The molecule has 1 aliphatic rings. The van der Waals surface area contributed by atoms with Crippen LogP contribution in [0.25, 0.3) is 0 Å². The summed E-state index contributed by atoms with van der Waals surface area (Å²) in [7, 11) is 2.28. The van der Waals surface area contributed by atoms with Crippen LogP contribution in [0, 0.1) is 17.8 Å². The van der Waals surface area contributed by atoms with Crippen molar-refractivity contribution in [1.29, 1.82) is 0 Å². The highest BCUT2D eigenvalue weighted by Crippen LogP contribution is 2.30. The number of carbonyl (C=O) groups is 2. The van der Waals surface area contributed by atoms with E-state index in [4.69, 9.17) is 22.1 Å². The Kier molecular flexibility index (Phi) is 13.1. The van der Waals surface area contributed by atoms with Gasteiger partial charge in [0.1, 0.15) is 18.8 Å². The number of nitrogens with zero attached hydrogens (tertiary/aromatic N) is 4. The number of halogens is 1. The van der Waals surface area contributed by atoms with Crippen LogP contribution in [-0.2, 0) is 20.9 Å². The van der Waals surface area contributed by atoms with Crippen LogP contribution < -0.4 is 16.1 Å². The summed E-state index contributed by atoms with van der Waals surface area (Å²) in [5, 5.41) is 54.0. The molecule has 38 heavy (non-hydrogen) atoms. The highest BCUT2D eigenvalue weighted by Gasteiger charge is 2.33. The summed E-state index contributed by atoms with van der Waals surface area (Å²) < 4.78 is 7.25. The molecule has 0 bridgehead atoms. The van der Waals surface area contributed by atoms with Crippen LogP contribution in [0.5, 0.6) is 0 Å². The van der Waals surface area contributed by atoms with Crippen molar-refractivity contribution in [2.75, 3.05) is 46.1 Å². The van der Waals surface area contributed by atoms with E-state index in [1.165, 1.54) is 10.9 Å². The third kappa shape index (κ3) is 8.45. The second-order valence-electron chi connectivity index (χ2n) is 9.02. The smallest absolute Gasteiger partial charge is 0.323 e. The number of rotatable bonds is 17. The van der Waals surface area contributed by atoms with Gasteiger partial charge in [-0.2, -0.15) is 4.99 Å². The number of carboxylic acids is 1. The maximum absolute atomic E-state index is 13.1. The Bertz CT molecular complexity index is 955. The van der Waals surface area contributed by atoms with Crippen molar-refractivity contribution >= 4 is 44.6 Å². The van der Waals surface area contributed by atoms with Gasteiger partial charge in [0.15, 0.2) is 17.3 Å². The average Bonchev–Trinajstić information content (AvgIpc) is 3.28. The fourth-order valence-electron chi connectivity index (χ4n) is 4.19. The summed E-state index contributed by atoms with van der Waals surface area (Å²) in [6.07, 6.45) is 0.481. The summed E-state index contributed by atoms with van der Waals surface area (Å²) >= 11 is 6.17. The Hall–Kier alpha value is -2.10. The molecule has 0 aromatic carbocycles. The van der Waals surface area contributed by atoms with Gasteiger partial charge in [0.2, 0.25) is 5.91 Å². The van der Waals surface area contributed by atoms with Crippen molar-refractivity contribution in [3.63, 3.8) is 0 Å². The molecule has 1 aromatic rings. The quantitative estimate of drug-likeness (QED) is 0.0545. The van der Waals surface area contributed by atoms with Gasteiger partial charge in [-0.15, -0.1) is 0 Å². The van der Waals surface area contributed by atoms with Crippen molar-refractivity contribution in [2.24, 2.45) is 28.5 Å². The largest absolute Gasteiger partial charge is 0.480 e. The molecule has 0 aliphatic carbocycles. The van der Waals surface area contributed by atoms with E-state index in [0.717, 1.165) is 4.90 Å². The second-order valence-corrected chi connectivity index (χ2v) is 9.79. The molecule has 0 spiro atoms. The maximum atomic E-state index is 13.1. The van der Waals surface area contributed by atoms with Crippen molar-refractivity contribution in [3.8, 4) is 0 Å². The number of nitrogens with two attached hydrogens (primary N) is 1. The van der Waals surface area contributed by atoms with E-state index in [1.807, 2.05) is 0 Å². The SMILES string of the molecule is CC(CO)C(CO)C(CO)C(CO)OC[C@@H](CN(CC(=O)O)C(=O)Cn1cnc2c1N=C(N)NC2Cl)NP. The van der Waals surface area contributed by atoms with E-state index in [9.17, 15) is 35.1 Å². The third-order valence-electron chi connectivity index (χ3n) is 6.40. The molecule has 7 atom stereocenters. The van der Waals surface area contributed by atoms with Crippen LogP contribution in [0.1, 0.15) is 18.1 Å². The van der Waals surface area contributed by atoms with E-state index in [1.54, 1.807) is 6.92 Å². The molecule has 9 N–H and O–H groups in total. The normalized spacial score (nSPS) is 18.9. The predicted octanol–water partition coefficient (Wildman–Crippen LogP) is -2.45. The van der Waals surface area contributed by atoms with E-state index >= 15 is 0 Å². The zero-order chi connectivity index (χ0) is 28.4. The Morgan fingerprint density at radius 2 is 1.95 bits per heavy atom. The minimum absolute atomic E-state index is 0.0509. The monoisotopic (exact) mass is 581 g/mol. The molecule has 0 radical (unpaired) electrons. The van der Waals surface area contributed by atoms with Crippen LogP contribution >= 0.6 is 21.0 Å². The van der Waals surface area contributed by atoms with E-state index in [-0.39, 0.29) is 50.6 Å². The third-order valence-corrected chi connectivity index (χ3v) is 7.19. The summed E-state index contributed by atoms with van der Waals surface area (Å²) in [6, 6.07) is -0.582. The molecule has 6 unspecified atom stereocenters. The van der Waals surface area contributed by atoms with Gasteiger partial charge >= 0.3 is 5.97 Å². The first-order valence-electron chi connectivity index (χ1n) is 11.9. The van der Waals surface area contributed by atoms with Crippen molar-refractivity contribution < 1.29 is 39.9 Å². The molecule has 0 saturated carbocycles. The first-order chi connectivity index (χ1) is 18.1. The Labute approximate surface area is 227 Å². The van der Waals surface area contributed by atoms with Crippen LogP contribution in [0.2, 0.25) is 0 Å². The lowest BCUT2D eigenvalue weighted by Crippen LogP contribution is -2.48. The summed E-state index contributed by atoms with van der Waals surface area (Å²) in [6.45, 7) is -0.708. The number of fused-ring (bicyclic) bond motifs is 1. The first kappa shape index (κ1) is 32.1. The highest BCUT2D eigenvalue weighted by molar-refractivity contribution is 7.13. The minimum atomic E-state index is -1.22.